The molecule has 4 unspecified atom stereocenters. The molecule has 2 aliphatic rings. The van der Waals surface area contributed by atoms with Gasteiger partial charge < -0.3 is 18.9 Å². The second-order valence-electron chi connectivity index (χ2n) is 12.9. The maximum absolute atomic E-state index is 13.5. The van der Waals surface area contributed by atoms with Crippen LogP contribution in [0.1, 0.15) is 46.6 Å². The first-order valence-electron chi connectivity index (χ1n) is 13.3. The standard InChI is InChI=1S/C28H46N2O6Si/c1-27(2,3)36-25(31)29-19-21(33-6)18-22(29)24-23(17-20-13-11-10-12-14-20)30(28(4,5)35-24)26(32)34-15-16-37(7,8)9/h10-14,21-24H,15-19H2,1-9H3. The third-order valence-corrected chi connectivity index (χ3v) is 8.63. The van der Waals surface area contributed by atoms with Crippen molar-refractivity contribution in [3.8, 4) is 0 Å². The van der Waals surface area contributed by atoms with Gasteiger partial charge in [0.2, 0.25) is 0 Å². The molecule has 0 aliphatic carbocycles. The van der Waals surface area contributed by atoms with Gasteiger partial charge in [-0.25, -0.2) is 9.59 Å². The highest BCUT2D eigenvalue weighted by atomic mass is 28.3. The Hall–Kier alpha value is -2.10. The molecule has 2 aliphatic heterocycles. The first-order chi connectivity index (χ1) is 17.1. The normalized spacial score (nSPS) is 25.9. The number of hydrogen-bond acceptors (Lipinski definition) is 6. The molecule has 9 heteroatoms. The van der Waals surface area contributed by atoms with Crippen LogP contribution >= 0.6 is 0 Å². The highest BCUT2D eigenvalue weighted by Crippen LogP contribution is 2.40. The minimum atomic E-state index is -1.36. The Morgan fingerprint density at radius 1 is 1.11 bits per heavy atom. The van der Waals surface area contributed by atoms with Crippen LogP contribution in [0, 0.1) is 0 Å². The molecule has 0 spiro atoms. The zero-order chi connectivity index (χ0) is 27.6. The highest BCUT2D eigenvalue weighted by molar-refractivity contribution is 6.76. The van der Waals surface area contributed by atoms with E-state index < -0.39 is 31.6 Å². The fraction of sp³-hybridized carbons (Fsp3) is 0.714. The lowest BCUT2D eigenvalue weighted by Crippen LogP contribution is -2.52. The van der Waals surface area contributed by atoms with Gasteiger partial charge in [0.15, 0.2) is 0 Å². The first kappa shape index (κ1) is 29.5. The number of benzene rings is 1. The van der Waals surface area contributed by atoms with Crippen LogP contribution in [0.5, 0.6) is 0 Å². The van der Waals surface area contributed by atoms with Crippen molar-refractivity contribution in [2.75, 3.05) is 20.3 Å². The van der Waals surface area contributed by atoms with E-state index in [4.69, 9.17) is 18.9 Å². The first-order valence-corrected chi connectivity index (χ1v) is 17.0. The SMILES string of the molecule is COC1CC(C2OC(C)(C)N(C(=O)OCC[Si](C)(C)C)C2Cc2ccccc2)N(C(=O)OC(C)(C)C)C1. The Kier molecular flexibility index (Phi) is 9.02. The number of ether oxygens (including phenoxy) is 4. The van der Waals surface area contributed by atoms with E-state index in [0.29, 0.717) is 26.0 Å². The molecule has 4 atom stereocenters. The number of methoxy groups -OCH3 is 1. The van der Waals surface area contributed by atoms with Crippen molar-refractivity contribution in [2.45, 2.75) is 109 Å². The van der Waals surface area contributed by atoms with Crippen molar-refractivity contribution >= 4 is 20.3 Å². The highest BCUT2D eigenvalue weighted by Gasteiger charge is 2.56. The number of carbonyl (C=O) groups is 2. The Balaban J connectivity index is 1.93. The monoisotopic (exact) mass is 534 g/mol. The summed E-state index contributed by atoms with van der Waals surface area (Å²) in [6.45, 7) is 16.9. The largest absolute Gasteiger partial charge is 0.450 e. The molecule has 208 valence electrons. The number of likely N-dealkylation sites (tertiary alicyclic amines) is 1. The van der Waals surface area contributed by atoms with Crippen LogP contribution in [0.25, 0.3) is 0 Å². The predicted octanol–water partition coefficient (Wildman–Crippen LogP) is 5.53. The van der Waals surface area contributed by atoms with Gasteiger partial charge in [-0.05, 0) is 59.1 Å². The summed E-state index contributed by atoms with van der Waals surface area (Å²) in [6.07, 6.45) is -0.175. The van der Waals surface area contributed by atoms with E-state index in [1.807, 2.05) is 52.8 Å². The predicted molar refractivity (Wildman–Crippen MR) is 146 cm³/mol. The summed E-state index contributed by atoms with van der Waals surface area (Å²) in [5.41, 5.74) is -0.451. The topological polar surface area (TPSA) is 77.5 Å². The maximum atomic E-state index is 13.5. The van der Waals surface area contributed by atoms with Crippen molar-refractivity contribution in [1.29, 1.82) is 0 Å². The number of hydrogen-bond donors (Lipinski definition) is 0. The third-order valence-electron chi connectivity index (χ3n) is 6.92. The number of carbonyl (C=O) groups excluding carboxylic acids is 2. The lowest BCUT2D eigenvalue weighted by Gasteiger charge is -2.34. The number of amides is 2. The Labute approximate surface area is 223 Å². The van der Waals surface area contributed by atoms with Crippen LogP contribution < -0.4 is 0 Å². The lowest BCUT2D eigenvalue weighted by molar-refractivity contribution is -0.0860. The number of nitrogens with zero attached hydrogens (tertiary/aromatic N) is 2. The summed E-state index contributed by atoms with van der Waals surface area (Å²) in [6, 6.07) is 10.3. The molecule has 0 aromatic heterocycles. The second kappa shape index (κ2) is 11.3. The van der Waals surface area contributed by atoms with Crippen molar-refractivity contribution in [2.24, 2.45) is 0 Å². The summed E-state index contributed by atoms with van der Waals surface area (Å²) < 4.78 is 23.9. The molecule has 1 aromatic carbocycles. The molecular formula is C28H46N2O6Si. The van der Waals surface area contributed by atoms with Crippen LogP contribution in [-0.2, 0) is 25.4 Å². The summed E-state index contributed by atoms with van der Waals surface area (Å²) in [5, 5.41) is 0. The molecular weight excluding hydrogens is 488 g/mol. The van der Waals surface area contributed by atoms with Gasteiger partial charge in [-0.2, -0.15) is 0 Å². The van der Waals surface area contributed by atoms with Crippen LogP contribution in [0.2, 0.25) is 25.7 Å². The molecule has 2 heterocycles. The van der Waals surface area contributed by atoms with Gasteiger partial charge in [-0.3, -0.25) is 9.80 Å². The van der Waals surface area contributed by atoms with Crippen molar-refractivity contribution in [1.82, 2.24) is 9.80 Å². The summed E-state index contributed by atoms with van der Waals surface area (Å²) >= 11 is 0. The van der Waals surface area contributed by atoms with Crippen LogP contribution in [0.4, 0.5) is 9.59 Å². The Bertz CT molecular complexity index is 927. The Morgan fingerprint density at radius 2 is 1.76 bits per heavy atom. The molecule has 0 N–H and O–H groups in total. The van der Waals surface area contributed by atoms with E-state index in [1.54, 1.807) is 16.9 Å². The molecule has 0 saturated carbocycles. The minimum Gasteiger partial charge on any atom is -0.450 e. The average Bonchev–Trinajstić information content (AvgIpc) is 3.30. The van der Waals surface area contributed by atoms with E-state index in [1.165, 1.54) is 0 Å². The van der Waals surface area contributed by atoms with E-state index in [-0.39, 0.29) is 24.3 Å². The van der Waals surface area contributed by atoms with Crippen LogP contribution in [0.3, 0.4) is 0 Å². The quantitative estimate of drug-likeness (QED) is 0.428. The summed E-state index contributed by atoms with van der Waals surface area (Å²) in [5.74, 6) is 0. The molecule has 3 rings (SSSR count). The summed E-state index contributed by atoms with van der Waals surface area (Å²) in [7, 11) is 0.292. The van der Waals surface area contributed by atoms with Gasteiger partial charge in [-0.1, -0.05) is 50.0 Å². The van der Waals surface area contributed by atoms with Gasteiger partial charge in [0.05, 0.1) is 31.3 Å². The Morgan fingerprint density at radius 3 is 2.32 bits per heavy atom. The third kappa shape index (κ3) is 7.71. The van der Waals surface area contributed by atoms with Crippen molar-refractivity contribution < 1.29 is 28.5 Å². The molecule has 2 fully saturated rings. The molecule has 0 bridgehead atoms. The molecule has 8 nitrogen and oxygen atoms in total. The van der Waals surface area contributed by atoms with Crippen LogP contribution in [0.15, 0.2) is 30.3 Å². The molecule has 0 radical (unpaired) electrons. The van der Waals surface area contributed by atoms with E-state index in [9.17, 15) is 9.59 Å². The van der Waals surface area contributed by atoms with Crippen molar-refractivity contribution in [3.63, 3.8) is 0 Å². The molecule has 37 heavy (non-hydrogen) atoms. The van der Waals surface area contributed by atoms with E-state index in [0.717, 1.165) is 11.6 Å². The maximum Gasteiger partial charge on any atom is 0.412 e. The fourth-order valence-electron chi connectivity index (χ4n) is 5.12. The van der Waals surface area contributed by atoms with Gasteiger partial charge in [0.25, 0.3) is 0 Å². The van der Waals surface area contributed by atoms with Crippen molar-refractivity contribution in [3.05, 3.63) is 35.9 Å². The minimum absolute atomic E-state index is 0.139. The van der Waals surface area contributed by atoms with Crippen LogP contribution in [-0.4, -0.2) is 85.9 Å². The van der Waals surface area contributed by atoms with Gasteiger partial charge in [0.1, 0.15) is 17.4 Å². The average molecular weight is 535 g/mol. The second-order valence-corrected chi connectivity index (χ2v) is 18.5. The molecule has 2 amide bonds. The summed E-state index contributed by atoms with van der Waals surface area (Å²) in [4.78, 5) is 30.3. The zero-order valence-electron chi connectivity index (χ0n) is 24.1. The molecule has 1 aromatic rings. The smallest absolute Gasteiger partial charge is 0.412 e. The van der Waals surface area contributed by atoms with Gasteiger partial charge in [0, 0.05) is 15.2 Å². The van der Waals surface area contributed by atoms with Gasteiger partial charge in [-0.15, -0.1) is 0 Å². The zero-order valence-corrected chi connectivity index (χ0v) is 25.1. The number of rotatable bonds is 7. The van der Waals surface area contributed by atoms with E-state index >= 15 is 0 Å². The molecule has 2 saturated heterocycles. The van der Waals surface area contributed by atoms with E-state index in [2.05, 4.69) is 31.8 Å². The lowest BCUT2D eigenvalue weighted by atomic mass is 9.94. The van der Waals surface area contributed by atoms with Gasteiger partial charge >= 0.3 is 12.2 Å². The fourth-order valence-corrected chi connectivity index (χ4v) is 5.83.